The lowest BCUT2D eigenvalue weighted by Crippen LogP contribution is -2.53. The molecule has 13 aromatic rings. The van der Waals surface area contributed by atoms with Crippen LogP contribution in [0.15, 0.2) is 110 Å². The van der Waals surface area contributed by atoms with Crippen LogP contribution < -0.4 is 0 Å². The van der Waals surface area contributed by atoms with Crippen LogP contribution in [0.2, 0.25) is 0 Å². The van der Waals surface area contributed by atoms with E-state index in [2.05, 4.69) is 39.7 Å². The van der Waals surface area contributed by atoms with Crippen LogP contribution in [0.25, 0.3) is 87.2 Å². The SMILES string of the molecule is Cc1cc2c(cc1F)c1ccnc(C(F)(F)F)c1n2CCN1CC(OC(F)F)C1.Cc1cc2c(cc1F)c1ccnc(C(F)(F)F)c1n2CCN1CC2CC1CO2.Cc1cc2c(cc1F)c1ccnc(C(F)(F)F)c1n2CCN1CCN(C)C(=O)C1.Cc1cc2c(cc1F)c1ccnc(C(F)(F)F)c1n2CCn1cncn1. The van der Waals surface area contributed by atoms with Gasteiger partial charge in [-0.15, -0.1) is 0 Å². The summed E-state index contributed by atoms with van der Waals surface area (Å²) in [5, 5.41) is 6.96. The molecule has 4 aromatic carbocycles. The van der Waals surface area contributed by atoms with Gasteiger partial charge >= 0.3 is 31.3 Å². The highest BCUT2D eigenvalue weighted by molar-refractivity contribution is 6.12. The van der Waals surface area contributed by atoms with Gasteiger partial charge in [0.2, 0.25) is 5.91 Å². The molecule has 0 radical (unpaired) electrons. The van der Waals surface area contributed by atoms with Crippen molar-refractivity contribution in [2.75, 3.05) is 72.6 Å². The molecular formula is C76H69F18N15O3. The maximum absolute atomic E-state index is 14.2. The second kappa shape index (κ2) is 30.4. The first kappa shape index (κ1) is 78.5. The lowest BCUT2D eigenvalue weighted by Gasteiger charge is -2.38. The number of ether oxygens (including phenoxy) is 2. The van der Waals surface area contributed by atoms with Crippen molar-refractivity contribution in [1.29, 1.82) is 0 Å². The number of likely N-dealkylation sites (N-methyl/N-ethyl adjacent to an activating group) is 1. The fraction of sp³-hybridized carbons (Fsp3) is 0.382. The Bertz CT molecular complexity index is 5720. The quantitative estimate of drug-likeness (QED) is 0.0953. The maximum atomic E-state index is 14.2. The van der Waals surface area contributed by atoms with E-state index in [0.29, 0.717) is 140 Å². The van der Waals surface area contributed by atoms with Crippen molar-refractivity contribution < 1.29 is 93.3 Å². The number of fused-ring (bicyclic) bond motifs is 14. The van der Waals surface area contributed by atoms with Gasteiger partial charge in [0.1, 0.15) is 35.9 Å². The van der Waals surface area contributed by atoms with Crippen LogP contribution in [-0.4, -0.2) is 176 Å². The number of hydrogen-bond acceptors (Lipinski definition) is 12. The Balaban J connectivity index is 0.000000124. The third-order valence-corrected chi connectivity index (χ3v) is 21.0. The summed E-state index contributed by atoms with van der Waals surface area (Å²) in [6.07, 6.45) is -10.6. The number of morpholine rings is 1. The van der Waals surface area contributed by atoms with Gasteiger partial charge in [-0.05, 0) is 129 Å². The number of piperazine rings is 1. The van der Waals surface area contributed by atoms with Crippen LogP contribution in [0.4, 0.5) is 79.0 Å². The summed E-state index contributed by atoms with van der Waals surface area (Å²) in [5.74, 6) is -1.87. The molecule has 112 heavy (non-hydrogen) atoms. The summed E-state index contributed by atoms with van der Waals surface area (Å²) in [5.41, 5.74) is -0.552. The molecule has 0 N–H and O–H groups in total. The van der Waals surface area contributed by atoms with Crippen molar-refractivity contribution in [3.8, 4) is 0 Å². The molecule has 4 aliphatic heterocycles. The molecule has 592 valence electrons. The molecule has 0 saturated carbocycles. The molecule has 36 heteroatoms. The Hall–Kier alpha value is -10.2. The van der Waals surface area contributed by atoms with Gasteiger partial charge in [0.25, 0.3) is 0 Å². The summed E-state index contributed by atoms with van der Waals surface area (Å²) in [6.45, 7) is 9.64. The fourth-order valence-corrected chi connectivity index (χ4v) is 15.4. The Morgan fingerprint density at radius 3 is 1.16 bits per heavy atom. The molecule has 17 rings (SSSR count). The van der Waals surface area contributed by atoms with E-state index in [1.807, 2.05) is 9.80 Å². The van der Waals surface area contributed by atoms with Gasteiger partial charge in [-0.1, -0.05) is 0 Å². The summed E-state index contributed by atoms with van der Waals surface area (Å²) >= 11 is 0. The molecule has 4 aliphatic rings. The van der Waals surface area contributed by atoms with Crippen LogP contribution in [0.5, 0.6) is 0 Å². The Morgan fingerprint density at radius 2 is 0.839 bits per heavy atom. The Morgan fingerprint density at radius 1 is 0.473 bits per heavy atom. The van der Waals surface area contributed by atoms with E-state index in [0.717, 1.165) is 37.8 Å². The number of carbonyl (C=O) groups is 1. The smallest absolute Gasteiger partial charge is 0.375 e. The number of alkyl halides is 14. The summed E-state index contributed by atoms with van der Waals surface area (Å²) in [6, 6.07) is 17.7. The summed E-state index contributed by atoms with van der Waals surface area (Å²) in [7, 11) is 1.73. The van der Waals surface area contributed by atoms with Crippen molar-refractivity contribution in [2.24, 2.45) is 0 Å². The van der Waals surface area contributed by atoms with Gasteiger partial charge in [0.15, 0.2) is 22.8 Å². The van der Waals surface area contributed by atoms with E-state index in [1.54, 1.807) is 67.0 Å². The monoisotopic (exact) mass is 1580 g/mol. The number of nitrogens with zero attached hydrogens (tertiary/aromatic N) is 15. The molecule has 9 aromatic heterocycles. The lowest BCUT2D eigenvalue weighted by atomic mass is 10.1. The topological polar surface area (TPSA) is 150 Å². The first-order chi connectivity index (χ1) is 53.0. The number of halogens is 18. The minimum absolute atomic E-state index is 0.0194. The molecule has 2 atom stereocenters. The first-order valence-corrected chi connectivity index (χ1v) is 35.4. The zero-order chi connectivity index (χ0) is 79.9. The van der Waals surface area contributed by atoms with Crippen molar-refractivity contribution >= 4 is 93.1 Å². The molecule has 18 nitrogen and oxygen atoms in total. The van der Waals surface area contributed by atoms with E-state index >= 15 is 0 Å². The minimum Gasteiger partial charge on any atom is -0.375 e. The zero-order valence-electron chi connectivity index (χ0n) is 60.3. The van der Waals surface area contributed by atoms with E-state index < -0.39 is 83.5 Å². The standard InChI is InChI=1S/C20H20F4N4O.C20H19F4N3O.C19H17F6N3O.C17H13F4N5/c1-12-9-16-14(10-15(12)21)13-3-4-25-19(20(22,23)24)18(13)28(16)8-7-27-6-5-26(2)17(29)11-27;1-11-6-17-15(8-16(11)21)14-2-3-25-19(20(22,23)24)18(14)27(17)5-4-26-9-13-7-12(26)10-28-13;1-10-6-15-13(7-14(10)20)12-2-3-26-17(19(23,24)25)16(12)28(15)5-4-27-8-11(9-27)29-18(21)22;1-10-6-14-12(7-13(10)18)11-2-3-23-16(17(19,20)21)15(11)26(14)5-4-25-9-22-8-24-25/h3-4,9-10H,5-8,11H2,1-2H3;2-3,6,8,12-13H,4-5,7,9-10H2,1H3;2-3,6-7,11,18H,4-5,8-9H2,1H3;2-3,6-9H,4-5H2,1H3. The molecule has 2 bridgehead atoms. The van der Waals surface area contributed by atoms with E-state index in [9.17, 15) is 83.8 Å². The van der Waals surface area contributed by atoms with Gasteiger partial charge in [0, 0.05) is 182 Å². The number of benzene rings is 4. The number of hydrogen-bond donors (Lipinski definition) is 0. The number of amides is 1. The average molecular weight is 1580 g/mol. The lowest BCUT2D eigenvalue weighted by molar-refractivity contribution is -0.195. The van der Waals surface area contributed by atoms with E-state index in [-0.39, 0.29) is 78.7 Å². The van der Waals surface area contributed by atoms with Gasteiger partial charge in [-0.2, -0.15) is 66.6 Å². The zero-order valence-corrected chi connectivity index (χ0v) is 60.3. The minimum atomic E-state index is -4.67. The second-order valence-corrected chi connectivity index (χ2v) is 28.2. The van der Waals surface area contributed by atoms with Gasteiger partial charge < -0.3 is 32.6 Å². The van der Waals surface area contributed by atoms with Gasteiger partial charge in [0.05, 0.1) is 54.0 Å². The van der Waals surface area contributed by atoms with E-state index in [4.69, 9.17) is 4.74 Å². The molecule has 4 fully saturated rings. The van der Waals surface area contributed by atoms with Gasteiger partial charge in [-0.25, -0.2) is 42.5 Å². The van der Waals surface area contributed by atoms with Crippen molar-refractivity contribution in [1.82, 2.24) is 72.6 Å². The number of pyridine rings is 4. The van der Waals surface area contributed by atoms with Crippen molar-refractivity contribution in [2.45, 2.75) is 116 Å². The highest BCUT2D eigenvalue weighted by Crippen LogP contribution is 2.44. The normalized spacial score (nSPS) is 17.0. The molecule has 0 spiro atoms. The highest BCUT2D eigenvalue weighted by Gasteiger charge is 2.43. The largest absolute Gasteiger partial charge is 0.435 e. The second-order valence-electron chi connectivity index (χ2n) is 28.2. The van der Waals surface area contributed by atoms with Crippen molar-refractivity contribution in [3.05, 3.63) is 179 Å². The predicted octanol–water partition coefficient (Wildman–Crippen LogP) is 16.1. The van der Waals surface area contributed by atoms with Crippen LogP contribution in [-0.2, 0) is 71.7 Å². The van der Waals surface area contributed by atoms with Crippen LogP contribution in [0.3, 0.4) is 0 Å². The Kier molecular flexibility index (Phi) is 21.3. The molecule has 2 unspecified atom stereocenters. The van der Waals surface area contributed by atoms with Crippen LogP contribution >= 0.6 is 0 Å². The van der Waals surface area contributed by atoms with Crippen molar-refractivity contribution in [3.63, 3.8) is 0 Å². The Labute approximate surface area is 624 Å². The number of aromatic nitrogens is 11. The molecule has 0 aliphatic carbocycles. The molecule has 4 saturated heterocycles. The van der Waals surface area contributed by atoms with Crippen LogP contribution in [0, 0.1) is 51.0 Å². The number of rotatable bonds is 14. The predicted molar refractivity (Wildman–Crippen MR) is 379 cm³/mol. The highest BCUT2D eigenvalue weighted by atomic mass is 19.4. The maximum Gasteiger partial charge on any atom is 0.435 e. The molecular weight excluding hydrogens is 1510 g/mol. The van der Waals surface area contributed by atoms with E-state index in [1.165, 1.54) is 81.1 Å². The molecule has 1 amide bonds. The number of aryl methyl sites for hydroxylation is 6. The third-order valence-electron chi connectivity index (χ3n) is 21.0. The average Bonchev–Trinajstić information content (AvgIpc) is 1.62. The third kappa shape index (κ3) is 15.5. The molecule has 13 heterocycles. The number of likely N-dealkylation sites (tertiary alicyclic amines) is 2. The fourth-order valence-electron chi connectivity index (χ4n) is 15.4. The summed E-state index contributed by atoms with van der Waals surface area (Å²) < 4.78 is 262. The van der Waals surface area contributed by atoms with Crippen LogP contribution in [0.1, 0.15) is 51.5 Å². The summed E-state index contributed by atoms with van der Waals surface area (Å²) in [4.78, 5) is 37.7. The number of carbonyl (C=O) groups excluding carboxylic acids is 1. The van der Waals surface area contributed by atoms with Gasteiger partial charge in [-0.3, -0.25) is 24.2 Å². The first-order valence-electron chi connectivity index (χ1n) is 35.4.